The maximum Gasteiger partial charge on any atom is 0.101 e. The maximum atomic E-state index is 10.2. The number of nitrogens with one attached hydrogen (secondary N) is 2. The van der Waals surface area contributed by atoms with Crippen LogP contribution in [0.3, 0.4) is 0 Å². The zero-order valence-corrected chi connectivity index (χ0v) is 15.1. The average Bonchev–Trinajstić information content (AvgIpc) is 3.13. The predicted octanol–water partition coefficient (Wildman–Crippen LogP) is 1.63. The Morgan fingerprint density at radius 1 is 1.42 bits per heavy atom. The van der Waals surface area contributed by atoms with Crippen LogP contribution in [-0.4, -0.2) is 52.9 Å². The van der Waals surface area contributed by atoms with E-state index in [-0.39, 0.29) is 12.6 Å². The minimum atomic E-state index is -0.474. The van der Waals surface area contributed by atoms with Gasteiger partial charge in [0.05, 0.1) is 30.9 Å². The van der Waals surface area contributed by atoms with E-state index < -0.39 is 5.54 Å². The van der Waals surface area contributed by atoms with Crippen molar-refractivity contribution in [2.45, 2.75) is 31.6 Å². The number of aliphatic hydroxyl groups excluding tert-OH is 1. The molecule has 0 radical (unpaired) electrons. The Labute approximate surface area is 154 Å². The minimum absolute atomic E-state index is 0.0192. The number of aromatic nitrogens is 1. The van der Waals surface area contributed by atoms with Crippen molar-refractivity contribution in [1.82, 2.24) is 15.2 Å². The van der Waals surface area contributed by atoms with Gasteiger partial charge in [0.15, 0.2) is 0 Å². The largest absolute Gasteiger partial charge is 0.394 e. The van der Waals surface area contributed by atoms with Crippen molar-refractivity contribution >= 4 is 0 Å². The quantitative estimate of drug-likeness (QED) is 0.704. The van der Waals surface area contributed by atoms with Crippen LogP contribution in [0, 0.1) is 11.3 Å². The second-order valence-corrected chi connectivity index (χ2v) is 6.99. The van der Waals surface area contributed by atoms with Gasteiger partial charge in [-0.1, -0.05) is 30.3 Å². The van der Waals surface area contributed by atoms with Crippen LogP contribution in [-0.2, 0) is 17.8 Å². The lowest BCUT2D eigenvalue weighted by atomic mass is 9.94. The number of rotatable bonds is 7. The van der Waals surface area contributed by atoms with Crippen LogP contribution in [0.5, 0.6) is 0 Å². The zero-order chi connectivity index (χ0) is 18.4. The molecule has 0 unspecified atom stereocenters. The van der Waals surface area contributed by atoms with Gasteiger partial charge >= 0.3 is 0 Å². The van der Waals surface area contributed by atoms with Crippen molar-refractivity contribution in [3.05, 3.63) is 59.4 Å². The fourth-order valence-corrected chi connectivity index (χ4v) is 3.55. The lowest BCUT2D eigenvalue weighted by Gasteiger charge is -2.49. The van der Waals surface area contributed by atoms with E-state index in [2.05, 4.69) is 40.3 Å². The molecule has 1 fully saturated rings. The number of nitrogens with zero attached hydrogens (tertiary/aromatic N) is 2. The SMILES string of the molecule is C[C@@H]1COC[C@@](CO)(CNCc2cc(C#N)c[nH]2)N1Cc1ccccc1. The molecule has 2 aromatic rings. The molecule has 6 heteroatoms. The third kappa shape index (κ3) is 4.14. The molecule has 1 aliphatic heterocycles. The van der Waals surface area contributed by atoms with Gasteiger partial charge in [-0.15, -0.1) is 0 Å². The standard InChI is InChI=1S/C20H26N4O2/c1-16-12-26-15-20(14-25,24(16)11-17-5-3-2-4-6-17)13-22-10-19-7-18(8-21)9-23-19/h2-7,9,16,22-23,25H,10-15H2,1H3/t16-,20+/m1/s1. The number of hydrogen-bond donors (Lipinski definition) is 3. The molecule has 0 spiro atoms. The van der Waals surface area contributed by atoms with E-state index in [9.17, 15) is 5.11 Å². The molecule has 2 heterocycles. The molecule has 6 nitrogen and oxygen atoms in total. The first-order valence-electron chi connectivity index (χ1n) is 8.94. The van der Waals surface area contributed by atoms with E-state index in [0.29, 0.717) is 31.9 Å². The Bertz CT molecular complexity index is 740. The van der Waals surface area contributed by atoms with Crippen molar-refractivity contribution in [3.63, 3.8) is 0 Å². The lowest BCUT2D eigenvalue weighted by Crippen LogP contribution is -2.66. The Kier molecular flexibility index (Phi) is 6.07. The van der Waals surface area contributed by atoms with Crippen LogP contribution >= 0.6 is 0 Å². The molecule has 1 saturated heterocycles. The highest BCUT2D eigenvalue weighted by Gasteiger charge is 2.42. The molecular weight excluding hydrogens is 328 g/mol. The first-order valence-corrected chi connectivity index (χ1v) is 8.94. The summed E-state index contributed by atoms with van der Waals surface area (Å²) >= 11 is 0. The highest BCUT2D eigenvalue weighted by atomic mass is 16.5. The second-order valence-electron chi connectivity index (χ2n) is 6.99. The Balaban J connectivity index is 1.69. The number of benzene rings is 1. The monoisotopic (exact) mass is 354 g/mol. The number of ether oxygens (including phenoxy) is 1. The molecule has 3 rings (SSSR count). The summed E-state index contributed by atoms with van der Waals surface area (Å²) in [6.45, 7) is 5.29. The summed E-state index contributed by atoms with van der Waals surface area (Å²) in [4.78, 5) is 5.43. The molecule has 1 aromatic carbocycles. The van der Waals surface area contributed by atoms with Crippen LogP contribution in [0.25, 0.3) is 0 Å². The van der Waals surface area contributed by atoms with Gasteiger partial charge < -0.3 is 20.1 Å². The molecule has 0 aliphatic carbocycles. The van der Waals surface area contributed by atoms with Crippen molar-refractivity contribution in [1.29, 1.82) is 5.26 Å². The van der Waals surface area contributed by atoms with Gasteiger partial charge in [0.25, 0.3) is 0 Å². The first-order chi connectivity index (χ1) is 12.7. The van der Waals surface area contributed by atoms with E-state index in [1.54, 1.807) is 6.20 Å². The first kappa shape index (κ1) is 18.6. The summed E-state index contributed by atoms with van der Waals surface area (Å²) in [6.07, 6.45) is 1.70. The number of aromatic amines is 1. The summed E-state index contributed by atoms with van der Waals surface area (Å²) in [6, 6.07) is 14.5. The molecule has 138 valence electrons. The topological polar surface area (TPSA) is 84.3 Å². The number of H-pyrrole nitrogens is 1. The van der Waals surface area contributed by atoms with Crippen molar-refractivity contribution in [2.24, 2.45) is 0 Å². The van der Waals surface area contributed by atoms with E-state index in [1.165, 1.54) is 5.56 Å². The van der Waals surface area contributed by atoms with Crippen LogP contribution in [0.2, 0.25) is 0 Å². The molecule has 26 heavy (non-hydrogen) atoms. The van der Waals surface area contributed by atoms with E-state index in [1.807, 2.05) is 24.3 Å². The fraction of sp³-hybridized carbons (Fsp3) is 0.450. The van der Waals surface area contributed by atoms with Gasteiger partial charge in [-0.2, -0.15) is 5.26 Å². The van der Waals surface area contributed by atoms with Gasteiger partial charge in [0.1, 0.15) is 6.07 Å². The van der Waals surface area contributed by atoms with Crippen LogP contribution in [0.15, 0.2) is 42.6 Å². The lowest BCUT2D eigenvalue weighted by molar-refractivity contribution is -0.122. The highest BCUT2D eigenvalue weighted by Crippen LogP contribution is 2.26. The average molecular weight is 354 g/mol. The maximum absolute atomic E-state index is 10.2. The summed E-state index contributed by atoms with van der Waals surface area (Å²) in [5.41, 5.74) is 2.33. The molecule has 1 aromatic heterocycles. The Hall–Kier alpha value is -2.17. The molecule has 1 aliphatic rings. The minimum Gasteiger partial charge on any atom is -0.394 e. The second kappa shape index (κ2) is 8.47. The van der Waals surface area contributed by atoms with Gasteiger partial charge in [-0.25, -0.2) is 0 Å². The summed E-state index contributed by atoms with van der Waals surface area (Å²) in [5, 5.41) is 22.6. The normalized spacial score (nSPS) is 23.7. The fourth-order valence-electron chi connectivity index (χ4n) is 3.55. The number of aliphatic hydroxyl groups is 1. The highest BCUT2D eigenvalue weighted by molar-refractivity contribution is 5.28. The molecule has 0 amide bonds. The van der Waals surface area contributed by atoms with Crippen molar-refractivity contribution in [2.75, 3.05) is 26.4 Å². The molecule has 3 N–H and O–H groups in total. The molecule has 2 atom stereocenters. The summed E-state index contributed by atoms with van der Waals surface area (Å²) < 4.78 is 5.79. The third-order valence-corrected chi connectivity index (χ3v) is 5.00. The predicted molar refractivity (Wildman–Crippen MR) is 99.3 cm³/mol. The number of hydrogen-bond acceptors (Lipinski definition) is 5. The van der Waals surface area contributed by atoms with Gasteiger partial charge in [0, 0.05) is 37.6 Å². The van der Waals surface area contributed by atoms with E-state index in [4.69, 9.17) is 10.00 Å². The zero-order valence-electron chi connectivity index (χ0n) is 15.1. The van der Waals surface area contributed by atoms with Gasteiger partial charge in [-0.05, 0) is 18.6 Å². The summed E-state index contributed by atoms with van der Waals surface area (Å²) in [5.74, 6) is 0. The molecular formula is C20H26N4O2. The van der Waals surface area contributed by atoms with Crippen LogP contribution < -0.4 is 5.32 Å². The van der Waals surface area contributed by atoms with Crippen molar-refractivity contribution < 1.29 is 9.84 Å². The third-order valence-electron chi connectivity index (χ3n) is 5.00. The van der Waals surface area contributed by atoms with Gasteiger partial charge in [0.2, 0.25) is 0 Å². The van der Waals surface area contributed by atoms with Crippen LogP contribution in [0.1, 0.15) is 23.7 Å². The van der Waals surface area contributed by atoms with Gasteiger partial charge in [-0.3, -0.25) is 4.90 Å². The van der Waals surface area contributed by atoms with E-state index >= 15 is 0 Å². The van der Waals surface area contributed by atoms with Crippen molar-refractivity contribution in [3.8, 4) is 6.07 Å². The number of nitriles is 1. The van der Waals surface area contributed by atoms with E-state index in [0.717, 1.165) is 12.2 Å². The smallest absolute Gasteiger partial charge is 0.101 e. The number of morpholine rings is 1. The molecule has 0 saturated carbocycles. The Morgan fingerprint density at radius 3 is 2.92 bits per heavy atom. The molecule has 0 bridgehead atoms. The van der Waals surface area contributed by atoms with Crippen LogP contribution in [0.4, 0.5) is 0 Å². The summed E-state index contributed by atoms with van der Waals surface area (Å²) in [7, 11) is 0. The Morgan fingerprint density at radius 2 is 2.23 bits per heavy atom.